The molecule has 8 heteroatoms. The van der Waals surface area contributed by atoms with E-state index in [9.17, 15) is 22.8 Å². The largest absolute Gasteiger partial charge is 0.401 e. The number of amides is 2. The first-order chi connectivity index (χ1) is 9.74. The van der Waals surface area contributed by atoms with Gasteiger partial charge in [0.25, 0.3) is 0 Å². The van der Waals surface area contributed by atoms with Crippen LogP contribution in [-0.4, -0.2) is 66.6 Å². The molecular formula is C13H20F3N3O2. The Balaban J connectivity index is 1.94. The van der Waals surface area contributed by atoms with Crippen LogP contribution in [0.4, 0.5) is 13.2 Å². The van der Waals surface area contributed by atoms with Crippen LogP contribution < -0.4 is 5.32 Å². The van der Waals surface area contributed by atoms with Gasteiger partial charge in [-0.15, -0.1) is 0 Å². The maximum absolute atomic E-state index is 12.4. The molecule has 120 valence electrons. The number of hydrogen-bond acceptors (Lipinski definition) is 3. The minimum atomic E-state index is -4.25. The van der Waals surface area contributed by atoms with Gasteiger partial charge < -0.3 is 10.2 Å². The van der Waals surface area contributed by atoms with Crippen molar-refractivity contribution in [3.05, 3.63) is 0 Å². The number of nitrogens with zero attached hydrogens (tertiary/aromatic N) is 2. The lowest BCUT2D eigenvalue weighted by atomic mass is 9.96. The monoisotopic (exact) mass is 307 g/mol. The van der Waals surface area contributed by atoms with Crippen LogP contribution in [0.2, 0.25) is 0 Å². The van der Waals surface area contributed by atoms with E-state index in [1.54, 1.807) is 6.92 Å². The Morgan fingerprint density at radius 1 is 1.38 bits per heavy atom. The molecule has 2 saturated heterocycles. The van der Waals surface area contributed by atoms with Crippen molar-refractivity contribution in [3.63, 3.8) is 0 Å². The summed E-state index contributed by atoms with van der Waals surface area (Å²) in [5, 5.41) is 2.71. The lowest BCUT2D eigenvalue weighted by Gasteiger charge is -2.37. The molecule has 2 aliphatic rings. The summed E-state index contributed by atoms with van der Waals surface area (Å²) in [6.45, 7) is 1.71. The van der Waals surface area contributed by atoms with Gasteiger partial charge in [0.05, 0.1) is 19.0 Å². The lowest BCUT2D eigenvalue weighted by molar-refractivity contribution is -0.155. The predicted molar refractivity (Wildman–Crippen MR) is 69.4 cm³/mol. The fourth-order valence-electron chi connectivity index (χ4n) is 3.01. The maximum atomic E-state index is 12.4. The van der Waals surface area contributed by atoms with E-state index >= 15 is 0 Å². The van der Waals surface area contributed by atoms with E-state index in [4.69, 9.17) is 0 Å². The molecule has 0 saturated carbocycles. The van der Waals surface area contributed by atoms with Crippen LogP contribution in [0.3, 0.4) is 0 Å². The van der Waals surface area contributed by atoms with Crippen LogP contribution in [0.1, 0.15) is 19.8 Å². The van der Waals surface area contributed by atoms with E-state index in [2.05, 4.69) is 5.32 Å². The molecule has 5 nitrogen and oxygen atoms in total. The Labute approximate surface area is 121 Å². The highest BCUT2D eigenvalue weighted by Crippen LogP contribution is 2.24. The third-order valence-electron chi connectivity index (χ3n) is 3.81. The molecule has 2 unspecified atom stereocenters. The van der Waals surface area contributed by atoms with Gasteiger partial charge >= 0.3 is 6.18 Å². The Kier molecular flexibility index (Phi) is 4.75. The van der Waals surface area contributed by atoms with E-state index in [1.807, 2.05) is 0 Å². The summed E-state index contributed by atoms with van der Waals surface area (Å²) in [6.07, 6.45) is -3.09. The summed E-state index contributed by atoms with van der Waals surface area (Å²) in [4.78, 5) is 26.6. The second kappa shape index (κ2) is 6.21. The highest BCUT2D eigenvalue weighted by Gasteiger charge is 2.37. The Bertz CT molecular complexity index is 414. The molecule has 0 aromatic carbocycles. The molecule has 0 aromatic heterocycles. The fraction of sp³-hybridized carbons (Fsp3) is 0.846. The number of halogens is 3. The van der Waals surface area contributed by atoms with Crippen molar-refractivity contribution in [2.75, 3.05) is 32.7 Å². The topological polar surface area (TPSA) is 52.7 Å². The zero-order valence-electron chi connectivity index (χ0n) is 11.9. The van der Waals surface area contributed by atoms with Crippen molar-refractivity contribution >= 4 is 11.8 Å². The number of carbonyl (C=O) groups excluding carboxylic acids is 2. The van der Waals surface area contributed by atoms with Gasteiger partial charge in [-0.2, -0.15) is 13.2 Å². The Hall–Kier alpha value is -1.31. The third kappa shape index (κ3) is 4.59. The van der Waals surface area contributed by atoms with Crippen LogP contribution in [0.5, 0.6) is 0 Å². The summed E-state index contributed by atoms with van der Waals surface area (Å²) < 4.78 is 37.3. The van der Waals surface area contributed by atoms with Crippen molar-refractivity contribution in [2.24, 2.45) is 5.92 Å². The fourth-order valence-corrected chi connectivity index (χ4v) is 3.01. The van der Waals surface area contributed by atoms with Crippen molar-refractivity contribution < 1.29 is 22.8 Å². The van der Waals surface area contributed by atoms with Gasteiger partial charge in [0.1, 0.15) is 0 Å². The van der Waals surface area contributed by atoms with Gasteiger partial charge in [-0.1, -0.05) is 0 Å². The second-order valence-corrected chi connectivity index (χ2v) is 5.88. The highest BCUT2D eigenvalue weighted by molar-refractivity contribution is 5.87. The molecular weight excluding hydrogens is 287 g/mol. The van der Waals surface area contributed by atoms with Gasteiger partial charge in [-0.05, 0) is 26.3 Å². The molecule has 0 radical (unpaired) electrons. The van der Waals surface area contributed by atoms with E-state index in [0.29, 0.717) is 25.9 Å². The van der Waals surface area contributed by atoms with Crippen molar-refractivity contribution in [2.45, 2.75) is 32.0 Å². The molecule has 21 heavy (non-hydrogen) atoms. The molecule has 2 rings (SSSR count). The Morgan fingerprint density at radius 2 is 2.10 bits per heavy atom. The number of carbonyl (C=O) groups is 2. The summed E-state index contributed by atoms with van der Waals surface area (Å²) >= 11 is 0. The smallest absolute Gasteiger partial charge is 0.350 e. The zero-order valence-corrected chi connectivity index (χ0v) is 11.9. The molecule has 2 fully saturated rings. The number of likely N-dealkylation sites (tertiary alicyclic amines) is 1. The minimum Gasteiger partial charge on any atom is -0.350 e. The summed E-state index contributed by atoms with van der Waals surface area (Å²) in [7, 11) is 0. The molecule has 0 spiro atoms. The average molecular weight is 307 g/mol. The number of piperazine rings is 1. The molecule has 1 N–H and O–H groups in total. The number of hydrogen-bond donors (Lipinski definition) is 1. The molecule has 0 aliphatic carbocycles. The van der Waals surface area contributed by atoms with Crippen molar-refractivity contribution in [1.82, 2.24) is 15.1 Å². The van der Waals surface area contributed by atoms with Crippen LogP contribution in [0, 0.1) is 5.92 Å². The summed E-state index contributed by atoms with van der Waals surface area (Å²) in [5.41, 5.74) is 0. The molecule has 0 aromatic rings. The first-order valence-corrected chi connectivity index (χ1v) is 7.12. The van der Waals surface area contributed by atoms with Crippen LogP contribution in [0.25, 0.3) is 0 Å². The minimum absolute atomic E-state index is 0.00105. The van der Waals surface area contributed by atoms with Gasteiger partial charge in [-0.3, -0.25) is 14.5 Å². The van der Waals surface area contributed by atoms with Crippen LogP contribution >= 0.6 is 0 Å². The standard InChI is InChI=1S/C13H20F3N3O2/c1-9-5-19(7-11(20)17-9)12(21)10-3-2-4-18(6-10)8-13(14,15)16/h9-10H,2-8H2,1H3,(H,17,20). The average Bonchev–Trinajstić information content (AvgIpc) is 2.35. The van der Waals surface area contributed by atoms with Gasteiger partial charge in [-0.25, -0.2) is 0 Å². The number of nitrogens with one attached hydrogen (secondary N) is 1. The van der Waals surface area contributed by atoms with E-state index in [1.165, 1.54) is 9.80 Å². The van der Waals surface area contributed by atoms with Crippen LogP contribution in [0.15, 0.2) is 0 Å². The molecule has 0 bridgehead atoms. The van der Waals surface area contributed by atoms with Gasteiger partial charge in [0.2, 0.25) is 11.8 Å². The summed E-state index contributed by atoms with van der Waals surface area (Å²) in [6, 6.07) is -0.120. The van der Waals surface area contributed by atoms with Gasteiger partial charge in [0, 0.05) is 19.1 Å². The third-order valence-corrected chi connectivity index (χ3v) is 3.81. The summed E-state index contributed by atoms with van der Waals surface area (Å²) in [5.74, 6) is -0.868. The molecule has 2 aliphatic heterocycles. The SMILES string of the molecule is CC1CN(C(=O)C2CCCN(CC(F)(F)F)C2)CC(=O)N1. The van der Waals surface area contributed by atoms with Crippen molar-refractivity contribution in [3.8, 4) is 0 Å². The predicted octanol–water partition coefficient (Wildman–Crippen LogP) is 0.608. The normalized spacial score (nSPS) is 28.4. The maximum Gasteiger partial charge on any atom is 0.401 e. The van der Waals surface area contributed by atoms with Crippen molar-refractivity contribution in [1.29, 1.82) is 0 Å². The molecule has 2 amide bonds. The highest BCUT2D eigenvalue weighted by atomic mass is 19.4. The quantitative estimate of drug-likeness (QED) is 0.813. The Morgan fingerprint density at radius 3 is 2.71 bits per heavy atom. The second-order valence-electron chi connectivity index (χ2n) is 5.88. The van der Waals surface area contributed by atoms with E-state index in [0.717, 1.165) is 0 Å². The first-order valence-electron chi connectivity index (χ1n) is 7.12. The molecule has 2 atom stereocenters. The number of piperidine rings is 1. The van der Waals surface area contributed by atoms with E-state index in [-0.39, 0.29) is 30.9 Å². The number of rotatable bonds is 2. The molecule has 2 heterocycles. The van der Waals surface area contributed by atoms with E-state index < -0.39 is 18.6 Å². The first kappa shape index (κ1) is 16.1. The van der Waals surface area contributed by atoms with Gasteiger partial charge in [0.15, 0.2) is 0 Å². The lowest BCUT2D eigenvalue weighted by Crippen LogP contribution is -2.57. The zero-order chi connectivity index (χ0) is 15.6. The number of alkyl halides is 3. The van der Waals surface area contributed by atoms with Crippen LogP contribution in [-0.2, 0) is 9.59 Å².